The zero-order valence-corrected chi connectivity index (χ0v) is 11.0. The first kappa shape index (κ1) is 12.4. The summed E-state index contributed by atoms with van der Waals surface area (Å²) in [6, 6.07) is 5.49. The van der Waals surface area contributed by atoms with Gasteiger partial charge in [0, 0.05) is 5.38 Å². The number of nitrogens with one attached hydrogen (secondary N) is 1. The van der Waals surface area contributed by atoms with Crippen molar-refractivity contribution in [3.8, 4) is 0 Å². The average molecular weight is 300 g/mol. The quantitative estimate of drug-likeness (QED) is 0.710. The highest BCUT2D eigenvalue weighted by Crippen LogP contribution is 2.34. The van der Waals surface area contributed by atoms with Crippen LogP contribution in [0.3, 0.4) is 0 Å². The Morgan fingerprint density at radius 3 is 2.68 bits per heavy atom. The second-order valence-corrected chi connectivity index (χ2v) is 5.65. The molecule has 0 radical (unpaired) electrons. The van der Waals surface area contributed by atoms with Gasteiger partial charge in [0.15, 0.2) is 5.13 Å². The van der Waals surface area contributed by atoms with Gasteiger partial charge < -0.3 is 5.32 Å². The first-order valence-corrected chi connectivity index (χ1v) is 7.05. The standard InChI is InChI=1S/C12H7F3N2S2/c13-12(14,15)7-1-2-10-9(5-7)17-11(19-10)16-8-3-4-18-6-8/h1-6H,(H,16,17). The summed E-state index contributed by atoms with van der Waals surface area (Å²) in [6.07, 6.45) is -4.33. The fourth-order valence-corrected chi connectivity index (χ4v) is 3.07. The van der Waals surface area contributed by atoms with Crippen molar-refractivity contribution in [3.05, 3.63) is 40.6 Å². The highest BCUT2D eigenvalue weighted by atomic mass is 32.1. The van der Waals surface area contributed by atoms with Gasteiger partial charge in [0.1, 0.15) is 0 Å². The van der Waals surface area contributed by atoms with Gasteiger partial charge in [-0.25, -0.2) is 4.98 Å². The molecule has 3 aromatic rings. The number of thiazole rings is 1. The van der Waals surface area contributed by atoms with E-state index in [9.17, 15) is 13.2 Å². The van der Waals surface area contributed by atoms with E-state index in [1.807, 2.05) is 16.8 Å². The number of benzene rings is 1. The van der Waals surface area contributed by atoms with Gasteiger partial charge in [0.05, 0.1) is 21.5 Å². The minimum atomic E-state index is -4.33. The summed E-state index contributed by atoms with van der Waals surface area (Å²) in [6.45, 7) is 0. The Labute approximate surface area is 114 Å². The van der Waals surface area contributed by atoms with Crippen molar-refractivity contribution in [2.45, 2.75) is 6.18 Å². The molecule has 0 saturated carbocycles. The monoisotopic (exact) mass is 300 g/mol. The molecule has 1 aromatic carbocycles. The number of fused-ring (bicyclic) bond motifs is 1. The van der Waals surface area contributed by atoms with E-state index < -0.39 is 11.7 Å². The van der Waals surface area contributed by atoms with Crippen molar-refractivity contribution in [1.29, 1.82) is 0 Å². The van der Waals surface area contributed by atoms with E-state index in [0.29, 0.717) is 10.6 Å². The maximum absolute atomic E-state index is 12.6. The number of nitrogens with zero attached hydrogens (tertiary/aromatic N) is 1. The molecule has 0 aliphatic rings. The molecule has 0 bridgehead atoms. The molecule has 0 saturated heterocycles. The Morgan fingerprint density at radius 1 is 1.16 bits per heavy atom. The average Bonchev–Trinajstić information content (AvgIpc) is 2.95. The molecule has 0 unspecified atom stereocenters. The molecule has 1 N–H and O–H groups in total. The van der Waals surface area contributed by atoms with Gasteiger partial charge in [-0.2, -0.15) is 24.5 Å². The first-order valence-electron chi connectivity index (χ1n) is 5.29. The number of thiophene rings is 1. The summed E-state index contributed by atoms with van der Waals surface area (Å²) in [4.78, 5) is 4.17. The number of hydrogen-bond acceptors (Lipinski definition) is 4. The maximum Gasteiger partial charge on any atom is 0.416 e. The summed E-state index contributed by atoms with van der Waals surface area (Å²) in [5.74, 6) is 0. The van der Waals surface area contributed by atoms with Gasteiger partial charge in [-0.3, -0.25) is 0 Å². The van der Waals surface area contributed by atoms with E-state index in [0.717, 1.165) is 22.5 Å². The predicted octanol–water partition coefficient (Wildman–Crippen LogP) is 5.12. The summed E-state index contributed by atoms with van der Waals surface area (Å²) in [7, 11) is 0. The lowest BCUT2D eigenvalue weighted by Crippen LogP contribution is -2.03. The molecule has 0 aliphatic carbocycles. The molecular formula is C12H7F3N2S2. The van der Waals surface area contributed by atoms with E-state index in [1.54, 1.807) is 0 Å². The SMILES string of the molecule is FC(F)(F)c1ccc2sc(Nc3ccsc3)nc2c1. The van der Waals surface area contributed by atoms with Crippen molar-refractivity contribution in [3.63, 3.8) is 0 Å². The summed E-state index contributed by atoms with van der Waals surface area (Å²) >= 11 is 2.87. The van der Waals surface area contributed by atoms with Gasteiger partial charge in [0.2, 0.25) is 0 Å². The summed E-state index contributed by atoms with van der Waals surface area (Å²) in [5, 5.41) is 7.48. The smallest absolute Gasteiger partial charge is 0.331 e. The Morgan fingerprint density at radius 2 is 2.00 bits per heavy atom. The fraction of sp³-hybridized carbons (Fsp3) is 0.0833. The van der Waals surface area contributed by atoms with Crippen LogP contribution in [0.4, 0.5) is 24.0 Å². The number of hydrogen-bond donors (Lipinski definition) is 1. The molecule has 0 atom stereocenters. The van der Waals surface area contributed by atoms with Gasteiger partial charge in [0.25, 0.3) is 0 Å². The van der Waals surface area contributed by atoms with Crippen molar-refractivity contribution < 1.29 is 13.2 Å². The van der Waals surface area contributed by atoms with Gasteiger partial charge in [-0.05, 0) is 29.6 Å². The molecule has 0 fully saturated rings. The molecule has 98 valence electrons. The van der Waals surface area contributed by atoms with E-state index in [1.165, 1.54) is 28.7 Å². The van der Waals surface area contributed by atoms with Crippen LogP contribution in [0, 0.1) is 0 Å². The lowest BCUT2D eigenvalue weighted by atomic mass is 10.2. The molecule has 2 heterocycles. The molecule has 19 heavy (non-hydrogen) atoms. The normalized spacial score (nSPS) is 11.9. The van der Waals surface area contributed by atoms with Crippen LogP contribution in [-0.2, 0) is 6.18 Å². The molecule has 2 nitrogen and oxygen atoms in total. The van der Waals surface area contributed by atoms with Crippen LogP contribution in [0.5, 0.6) is 0 Å². The largest absolute Gasteiger partial charge is 0.416 e. The Hall–Kier alpha value is -1.60. The maximum atomic E-state index is 12.6. The van der Waals surface area contributed by atoms with E-state index >= 15 is 0 Å². The van der Waals surface area contributed by atoms with E-state index in [4.69, 9.17) is 0 Å². The molecule has 0 aliphatic heterocycles. The number of aromatic nitrogens is 1. The molecular weight excluding hydrogens is 293 g/mol. The third-order valence-corrected chi connectivity index (χ3v) is 4.12. The molecule has 0 amide bonds. The fourth-order valence-electron chi connectivity index (χ4n) is 1.62. The molecule has 7 heteroatoms. The molecule has 3 rings (SSSR count). The van der Waals surface area contributed by atoms with Gasteiger partial charge >= 0.3 is 6.18 Å². The van der Waals surface area contributed by atoms with Crippen LogP contribution >= 0.6 is 22.7 Å². The third-order valence-electron chi connectivity index (χ3n) is 2.49. The Kier molecular flexibility index (Phi) is 2.94. The minimum Gasteiger partial charge on any atom is -0.331 e. The van der Waals surface area contributed by atoms with Crippen molar-refractivity contribution >= 4 is 43.7 Å². The Balaban J connectivity index is 1.97. The highest BCUT2D eigenvalue weighted by molar-refractivity contribution is 7.22. The lowest BCUT2D eigenvalue weighted by molar-refractivity contribution is -0.137. The number of rotatable bonds is 2. The predicted molar refractivity (Wildman–Crippen MR) is 72.2 cm³/mol. The highest BCUT2D eigenvalue weighted by Gasteiger charge is 2.30. The van der Waals surface area contributed by atoms with Gasteiger partial charge in [-0.15, -0.1) is 0 Å². The number of anilines is 2. The first-order chi connectivity index (χ1) is 9.02. The minimum absolute atomic E-state index is 0.359. The molecule has 2 aromatic heterocycles. The van der Waals surface area contributed by atoms with Gasteiger partial charge in [-0.1, -0.05) is 11.3 Å². The van der Waals surface area contributed by atoms with Crippen molar-refractivity contribution in [2.75, 3.05) is 5.32 Å². The second kappa shape index (κ2) is 4.50. The summed E-state index contributed by atoms with van der Waals surface area (Å²) in [5.41, 5.74) is 0.574. The van der Waals surface area contributed by atoms with Crippen LogP contribution in [0.2, 0.25) is 0 Å². The topological polar surface area (TPSA) is 24.9 Å². The van der Waals surface area contributed by atoms with Crippen LogP contribution in [0.25, 0.3) is 10.2 Å². The van der Waals surface area contributed by atoms with Crippen LogP contribution in [0.1, 0.15) is 5.56 Å². The van der Waals surface area contributed by atoms with Crippen molar-refractivity contribution in [1.82, 2.24) is 4.98 Å². The zero-order valence-electron chi connectivity index (χ0n) is 9.36. The Bertz CT molecular complexity index is 701. The number of halogens is 3. The lowest BCUT2D eigenvalue weighted by Gasteiger charge is -2.04. The van der Waals surface area contributed by atoms with Crippen molar-refractivity contribution in [2.24, 2.45) is 0 Å². The third kappa shape index (κ3) is 2.57. The van der Waals surface area contributed by atoms with E-state index in [-0.39, 0.29) is 0 Å². The van der Waals surface area contributed by atoms with E-state index in [2.05, 4.69) is 10.3 Å². The molecule has 0 spiro atoms. The second-order valence-electron chi connectivity index (χ2n) is 3.84. The van der Waals surface area contributed by atoms with Crippen LogP contribution < -0.4 is 5.32 Å². The number of alkyl halides is 3. The summed E-state index contributed by atoms with van der Waals surface area (Å²) < 4.78 is 38.5. The zero-order chi connectivity index (χ0) is 13.5. The van der Waals surface area contributed by atoms with Crippen LogP contribution in [0.15, 0.2) is 35.0 Å². The van der Waals surface area contributed by atoms with Crippen LogP contribution in [-0.4, -0.2) is 4.98 Å².